The topological polar surface area (TPSA) is 159 Å². The smallest absolute Gasteiger partial charge is 0.346 e. The first-order valence-electron chi connectivity index (χ1n) is 12.3. The Bertz CT molecular complexity index is 1660. The van der Waals surface area contributed by atoms with E-state index < -0.39 is 5.97 Å². The van der Waals surface area contributed by atoms with Crippen molar-refractivity contribution >= 4 is 5.97 Å². The fourth-order valence-electron chi connectivity index (χ4n) is 3.69. The van der Waals surface area contributed by atoms with Gasteiger partial charge in [-0.05, 0) is 29.8 Å². The van der Waals surface area contributed by atoms with Crippen molar-refractivity contribution in [1.82, 2.24) is 29.9 Å². The summed E-state index contributed by atoms with van der Waals surface area (Å²) in [7, 11) is 2.75. The molecule has 3 aromatic carbocycles. The van der Waals surface area contributed by atoms with Crippen molar-refractivity contribution in [3.05, 3.63) is 83.9 Å². The van der Waals surface area contributed by atoms with Crippen LogP contribution in [0.25, 0.3) is 0 Å². The van der Waals surface area contributed by atoms with Crippen LogP contribution in [0, 0.1) is 0 Å². The molecule has 1 aliphatic heterocycles. The van der Waals surface area contributed by atoms with Gasteiger partial charge in [0.05, 0.1) is 14.2 Å². The van der Waals surface area contributed by atoms with Gasteiger partial charge < -0.3 is 33.2 Å². The third-order valence-corrected chi connectivity index (χ3v) is 5.54. The zero-order chi connectivity index (χ0) is 28.9. The molecule has 0 fully saturated rings. The molecule has 3 heterocycles. The van der Waals surface area contributed by atoms with E-state index in [4.69, 9.17) is 33.2 Å². The van der Waals surface area contributed by atoms with Crippen molar-refractivity contribution in [3.63, 3.8) is 0 Å². The highest BCUT2D eigenvalue weighted by molar-refractivity contribution is 5.95. The normalized spacial score (nSPS) is 11.6. The summed E-state index contributed by atoms with van der Waals surface area (Å²) >= 11 is 0. The van der Waals surface area contributed by atoms with Crippen molar-refractivity contribution in [2.75, 3.05) is 14.2 Å². The molecule has 6 rings (SSSR count). The predicted octanol–water partition coefficient (Wildman–Crippen LogP) is 4.91. The number of rotatable bonds is 5. The van der Waals surface area contributed by atoms with E-state index >= 15 is 0 Å². The number of fused-ring (bicyclic) bond motifs is 8. The van der Waals surface area contributed by atoms with Crippen LogP contribution in [0.4, 0.5) is 0 Å². The Morgan fingerprint density at radius 3 is 1.64 bits per heavy atom. The van der Waals surface area contributed by atoms with Gasteiger partial charge >= 0.3 is 42.0 Å². The average Bonchev–Trinajstić information content (AvgIpc) is 3.00. The zero-order valence-electron chi connectivity index (χ0n) is 22.1. The number of esters is 1. The molecule has 210 valence electrons. The second-order valence-corrected chi connectivity index (χ2v) is 8.35. The fourth-order valence-corrected chi connectivity index (χ4v) is 3.69. The number of aromatic nitrogens is 6. The van der Waals surface area contributed by atoms with Gasteiger partial charge in [-0.3, -0.25) is 0 Å². The highest BCUT2D eigenvalue weighted by Crippen LogP contribution is 2.36. The highest BCUT2D eigenvalue weighted by atomic mass is 16.6. The van der Waals surface area contributed by atoms with Crippen LogP contribution >= 0.6 is 0 Å². The number of carbonyl (C=O) groups is 1. The van der Waals surface area contributed by atoms with Crippen LogP contribution in [0.1, 0.15) is 15.9 Å². The Labute approximate surface area is 237 Å². The molecule has 0 amide bonds. The standard InChI is InChI=1S/C28H20N6O8/c1-36-23-29-25-33-27(31-23)41-19-12-7-13-20(21(19)22(35)38-15-16-8-4-3-5-9-16)42-28-32-24(37-2)30-26(34-28)40-18-11-6-10-17(14-18)39-25/h3-14H,15H2,1-2H3. The summed E-state index contributed by atoms with van der Waals surface area (Å²) in [6.07, 6.45) is 0. The van der Waals surface area contributed by atoms with Gasteiger partial charge in [0.2, 0.25) is 0 Å². The summed E-state index contributed by atoms with van der Waals surface area (Å²) < 4.78 is 39.6. The molecule has 14 heteroatoms. The van der Waals surface area contributed by atoms with Crippen LogP contribution in [-0.4, -0.2) is 50.1 Å². The Kier molecular flexibility index (Phi) is 7.23. The second-order valence-electron chi connectivity index (χ2n) is 8.35. The Morgan fingerprint density at radius 2 is 1.12 bits per heavy atom. The van der Waals surface area contributed by atoms with Gasteiger partial charge in [0.15, 0.2) is 0 Å². The first-order chi connectivity index (χ1) is 20.6. The van der Waals surface area contributed by atoms with Crippen molar-refractivity contribution < 1.29 is 38.0 Å². The van der Waals surface area contributed by atoms with E-state index in [9.17, 15) is 4.79 Å². The van der Waals surface area contributed by atoms with Crippen molar-refractivity contribution in [2.24, 2.45) is 0 Å². The lowest BCUT2D eigenvalue weighted by atomic mass is 10.1. The van der Waals surface area contributed by atoms with Crippen LogP contribution < -0.4 is 28.4 Å². The maximum Gasteiger partial charge on any atom is 0.346 e. The summed E-state index contributed by atoms with van der Waals surface area (Å²) in [5.41, 5.74) is 0.673. The molecule has 0 saturated heterocycles. The molecule has 0 N–H and O–H groups in total. The molecule has 0 spiro atoms. The summed E-state index contributed by atoms with van der Waals surface area (Å²) in [4.78, 5) is 38.5. The number of methoxy groups -OCH3 is 2. The summed E-state index contributed by atoms with van der Waals surface area (Å²) in [5.74, 6) is -0.157. The van der Waals surface area contributed by atoms with Gasteiger partial charge in [-0.15, -0.1) is 29.9 Å². The molecule has 0 radical (unpaired) electrons. The number of nitrogens with zero attached hydrogens (tertiary/aromatic N) is 6. The van der Waals surface area contributed by atoms with E-state index in [1.165, 1.54) is 26.4 Å². The molecule has 2 aromatic heterocycles. The fraction of sp³-hybridized carbons (Fsp3) is 0.107. The number of carbonyl (C=O) groups excluding carboxylic acids is 1. The van der Waals surface area contributed by atoms with Gasteiger partial charge in [0, 0.05) is 6.07 Å². The first kappa shape index (κ1) is 26.2. The molecule has 0 aliphatic carbocycles. The molecule has 42 heavy (non-hydrogen) atoms. The van der Waals surface area contributed by atoms with Gasteiger partial charge in [-0.25, -0.2) is 4.79 Å². The zero-order valence-corrected chi connectivity index (χ0v) is 22.1. The molecular weight excluding hydrogens is 548 g/mol. The first-order valence-corrected chi connectivity index (χ1v) is 12.3. The molecule has 14 nitrogen and oxygen atoms in total. The third kappa shape index (κ3) is 5.91. The third-order valence-electron chi connectivity index (χ3n) is 5.54. The van der Waals surface area contributed by atoms with Crippen molar-refractivity contribution in [1.29, 1.82) is 0 Å². The second kappa shape index (κ2) is 11.6. The predicted molar refractivity (Wildman–Crippen MR) is 141 cm³/mol. The molecule has 1 aliphatic rings. The van der Waals surface area contributed by atoms with Gasteiger partial charge in [0.1, 0.15) is 35.2 Å². The number of hydrogen-bond acceptors (Lipinski definition) is 14. The lowest BCUT2D eigenvalue weighted by Crippen LogP contribution is -2.10. The van der Waals surface area contributed by atoms with Gasteiger partial charge in [-0.1, -0.05) is 42.5 Å². The van der Waals surface area contributed by atoms with E-state index in [1.807, 2.05) is 30.3 Å². The molecule has 8 bridgehead atoms. The van der Waals surface area contributed by atoms with Crippen LogP contribution in [0.15, 0.2) is 72.8 Å². The minimum Gasteiger partial charge on any atom is -0.467 e. The summed E-state index contributed by atoms with van der Waals surface area (Å²) in [6.45, 7) is -0.0136. The van der Waals surface area contributed by atoms with Gasteiger partial charge in [0.25, 0.3) is 0 Å². The van der Waals surface area contributed by atoms with Crippen LogP contribution in [0.3, 0.4) is 0 Å². The number of hydrogen-bond donors (Lipinski definition) is 0. The molecular formula is C28H20N6O8. The van der Waals surface area contributed by atoms with E-state index in [-0.39, 0.29) is 59.7 Å². The molecule has 5 aromatic rings. The Morgan fingerprint density at radius 1 is 0.619 bits per heavy atom. The maximum atomic E-state index is 13.5. The maximum absolute atomic E-state index is 13.5. The van der Waals surface area contributed by atoms with E-state index in [0.717, 1.165) is 5.56 Å². The van der Waals surface area contributed by atoms with E-state index in [2.05, 4.69) is 29.9 Å². The summed E-state index contributed by atoms with van der Waals surface area (Å²) in [6, 6.07) is 19.4. The molecule has 0 unspecified atom stereocenters. The summed E-state index contributed by atoms with van der Waals surface area (Å²) in [5, 5.41) is 0. The van der Waals surface area contributed by atoms with Crippen LogP contribution in [-0.2, 0) is 11.3 Å². The Balaban J connectivity index is 1.47. The monoisotopic (exact) mass is 568 g/mol. The minimum absolute atomic E-state index is 0.00338. The average molecular weight is 569 g/mol. The lowest BCUT2D eigenvalue weighted by Gasteiger charge is -2.15. The number of ether oxygens (including phenoxy) is 7. The van der Waals surface area contributed by atoms with Crippen LogP contribution in [0.5, 0.6) is 59.1 Å². The quantitative estimate of drug-likeness (QED) is 0.258. The largest absolute Gasteiger partial charge is 0.467 e. The lowest BCUT2D eigenvalue weighted by molar-refractivity contribution is 0.0466. The van der Waals surface area contributed by atoms with Crippen molar-refractivity contribution in [3.8, 4) is 59.1 Å². The SMILES string of the molecule is COc1nc2nc(n1)Oc1cccc(c1C(=O)OCc1ccccc1)Oc1nc(OC)nc(n1)Oc1cccc(c1)O2. The van der Waals surface area contributed by atoms with Crippen molar-refractivity contribution in [2.45, 2.75) is 6.61 Å². The highest BCUT2D eigenvalue weighted by Gasteiger charge is 2.25. The van der Waals surface area contributed by atoms with Crippen LogP contribution in [0.2, 0.25) is 0 Å². The molecule has 0 atom stereocenters. The minimum atomic E-state index is -0.768. The van der Waals surface area contributed by atoms with Gasteiger partial charge in [-0.2, -0.15) is 0 Å². The molecule has 0 saturated carbocycles. The number of benzene rings is 3. The Hall–Kier alpha value is -6.05. The van der Waals surface area contributed by atoms with E-state index in [1.54, 1.807) is 30.3 Å². The van der Waals surface area contributed by atoms with E-state index in [0.29, 0.717) is 11.5 Å².